The molecule has 0 saturated carbocycles. The molecule has 0 aliphatic carbocycles. The van der Waals surface area contributed by atoms with Crippen LogP contribution < -0.4 is 4.74 Å². The Morgan fingerprint density at radius 1 is 1.19 bits per heavy atom. The minimum absolute atomic E-state index is 0.00691. The lowest BCUT2D eigenvalue weighted by Crippen LogP contribution is -2.13. The summed E-state index contributed by atoms with van der Waals surface area (Å²) in [7, 11) is 0. The lowest BCUT2D eigenvalue weighted by atomic mass is 10.1. The molecular weight excluding hydrogens is 397 g/mol. The number of halogens is 2. The van der Waals surface area contributed by atoms with Gasteiger partial charge in [0.2, 0.25) is 0 Å². The van der Waals surface area contributed by atoms with Crippen molar-refractivity contribution in [3.05, 3.63) is 80.5 Å². The molecule has 0 N–H and O–H groups in total. The number of rotatable bonds is 8. The van der Waals surface area contributed by atoms with Gasteiger partial charge in [0.25, 0.3) is 5.69 Å². The molecule has 0 aliphatic heterocycles. The molecule has 7 nitrogen and oxygen atoms in total. The van der Waals surface area contributed by atoms with E-state index in [9.17, 15) is 14.9 Å². The van der Waals surface area contributed by atoms with Crippen molar-refractivity contribution >= 4 is 35.0 Å². The fraction of sp³-hybridized carbons (Fsp3) is 0.167. The zero-order valence-corrected chi connectivity index (χ0v) is 15.5. The third-order valence-corrected chi connectivity index (χ3v) is 4.06. The predicted octanol–water partition coefficient (Wildman–Crippen LogP) is 5.32. The van der Waals surface area contributed by atoms with E-state index in [2.05, 4.69) is 6.58 Å². The van der Waals surface area contributed by atoms with Crippen LogP contribution in [0.15, 0.2) is 49.2 Å². The summed E-state index contributed by atoms with van der Waals surface area (Å²) in [6, 6.07) is 8.86. The lowest BCUT2D eigenvalue weighted by molar-refractivity contribution is -0.384. The molecule has 2 aromatic carbocycles. The zero-order valence-electron chi connectivity index (χ0n) is 14.0. The van der Waals surface area contributed by atoms with Gasteiger partial charge in [-0.2, -0.15) is 0 Å². The van der Waals surface area contributed by atoms with Crippen LogP contribution in [0, 0.1) is 10.1 Å². The molecule has 0 fully saturated rings. The molecular formula is C18H15Cl2NO6. The quantitative estimate of drug-likeness (QED) is 0.192. The number of nitro groups is 1. The van der Waals surface area contributed by atoms with Gasteiger partial charge < -0.3 is 14.2 Å². The Kier molecular flexibility index (Phi) is 7.45. The Morgan fingerprint density at radius 2 is 1.89 bits per heavy atom. The molecule has 0 spiro atoms. The number of nitro benzene ring substituents is 1. The number of carbonyl (C=O) groups excluding carboxylic acids is 1. The highest BCUT2D eigenvalue weighted by Gasteiger charge is 2.14. The summed E-state index contributed by atoms with van der Waals surface area (Å²) in [5, 5.41) is 11.1. The molecule has 0 radical (unpaired) electrons. The molecule has 0 aromatic heterocycles. The maximum Gasteiger partial charge on any atom is 0.513 e. The number of hydrogen-bond acceptors (Lipinski definition) is 6. The first-order valence-electron chi connectivity index (χ1n) is 7.69. The molecule has 27 heavy (non-hydrogen) atoms. The third kappa shape index (κ3) is 6.16. The first-order chi connectivity index (χ1) is 12.9. The number of nitrogens with zero attached hydrogens (tertiary/aromatic N) is 1. The molecule has 0 bridgehead atoms. The number of carbonyl (C=O) groups is 1. The van der Waals surface area contributed by atoms with E-state index >= 15 is 0 Å². The molecule has 0 saturated heterocycles. The van der Waals surface area contributed by atoms with Gasteiger partial charge >= 0.3 is 6.16 Å². The fourth-order valence-electron chi connectivity index (χ4n) is 2.06. The topological polar surface area (TPSA) is 87.9 Å². The van der Waals surface area contributed by atoms with Crippen LogP contribution in [-0.4, -0.2) is 17.7 Å². The summed E-state index contributed by atoms with van der Waals surface area (Å²) in [5.74, 6) is 0.0596. The number of benzene rings is 2. The van der Waals surface area contributed by atoms with Crippen LogP contribution in [0.2, 0.25) is 10.0 Å². The summed E-state index contributed by atoms with van der Waals surface area (Å²) in [6.07, 6.45) is 0.709. The molecule has 0 amide bonds. The van der Waals surface area contributed by atoms with Gasteiger partial charge in [-0.3, -0.25) is 10.1 Å². The molecule has 0 atom stereocenters. The summed E-state index contributed by atoms with van der Waals surface area (Å²) >= 11 is 12.2. The fourth-order valence-corrected chi connectivity index (χ4v) is 2.50. The van der Waals surface area contributed by atoms with E-state index < -0.39 is 11.1 Å². The van der Waals surface area contributed by atoms with E-state index in [1.54, 1.807) is 12.1 Å². The molecule has 0 unspecified atom stereocenters. The van der Waals surface area contributed by atoms with Crippen molar-refractivity contribution < 1.29 is 23.9 Å². The second-order valence-electron chi connectivity index (χ2n) is 5.23. The van der Waals surface area contributed by atoms with Gasteiger partial charge in [-0.15, -0.1) is 0 Å². The standard InChI is InChI=1S/C18H15Cl2NO6/c1-2-25-11-13-9-16(20)17(10-15(13)19)27-18(22)26-8-7-12-3-5-14(6-4-12)21(23)24/h2-6,9-10H,1,7-8,11H2. The normalized spacial score (nSPS) is 10.1. The average molecular weight is 412 g/mol. The number of ether oxygens (including phenoxy) is 3. The van der Waals surface area contributed by atoms with Crippen LogP contribution in [0.4, 0.5) is 10.5 Å². The SMILES string of the molecule is C=COCc1cc(Cl)c(OC(=O)OCCc2ccc([N+](=O)[O-])cc2)cc1Cl. The number of hydrogen-bond donors (Lipinski definition) is 0. The van der Waals surface area contributed by atoms with E-state index in [0.29, 0.717) is 17.0 Å². The van der Waals surface area contributed by atoms with Crippen molar-refractivity contribution in [2.45, 2.75) is 13.0 Å². The predicted molar refractivity (Wildman–Crippen MR) is 100 cm³/mol. The van der Waals surface area contributed by atoms with Crippen molar-refractivity contribution in [2.75, 3.05) is 6.61 Å². The largest absolute Gasteiger partial charge is 0.513 e. The van der Waals surface area contributed by atoms with E-state index in [1.807, 2.05) is 0 Å². The van der Waals surface area contributed by atoms with E-state index in [-0.39, 0.29) is 29.7 Å². The summed E-state index contributed by atoms with van der Waals surface area (Å²) in [5.41, 5.74) is 1.38. The molecule has 9 heteroatoms. The maximum absolute atomic E-state index is 11.8. The van der Waals surface area contributed by atoms with Crippen molar-refractivity contribution in [1.82, 2.24) is 0 Å². The van der Waals surface area contributed by atoms with E-state index in [0.717, 1.165) is 5.56 Å². The van der Waals surface area contributed by atoms with Crippen LogP contribution in [0.25, 0.3) is 0 Å². The lowest BCUT2D eigenvalue weighted by Gasteiger charge is -2.10. The Bertz CT molecular complexity index is 838. The monoisotopic (exact) mass is 411 g/mol. The molecule has 2 rings (SSSR count). The first kappa shape index (κ1) is 20.5. The molecule has 142 valence electrons. The van der Waals surface area contributed by atoms with Gasteiger partial charge in [0.15, 0.2) is 5.75 Å². The van der Waals surface area contributed by atoms with Crippen LogP contribution >= 0.6 is 23.2 Å². The smallest absolute Gasteiger partial charge is 0.497 e. The maximum atomic E-state index is 11.8. The highest BCUT2D eigenvalue weighted by Crippen LogP contribution is 2.32. The van der Waals surface area contributed by atoms with Crippen molar-refractivity contribution in [2.24, 2.45) is 0 Å². The zero-order chi connectivity index (χ0) is 19.8. The van der Waals surface area contributed by atoms with Crippen molar-refractivity contribution in [1.29, 1.82) is 0 Å². The molecule has 2 aromatic rings. The van der Waals surface area contributed by atoms with Gasteiger partial charge in [-0.1, -0.05) is 41.9 Å². The Labute approximate surface area is 165 Å². The van der Waals surface area contributed by atoms with Crippen LogP contribution in [0.5, 0.6) is 5.75 Å². The van der Waals surface area contributed by atoms with Crippen LogP contribution in [0.1, 0.15) is 11.1 Å². The van der Waals surface area contributed by atoms with E-state index in [1.165, 1.54) is 30.5 Å². The van der Waals surface area contributed by atoms with Crippen molar-refractivity contribution in [3.63, 3.8) is 0 Å². The van der Waals surface area contributed by atoms with Gasteiger partial charge in [0.05, 0.1) is 27.8 Å². The second kappa shape index (κ2) is 9.80. The minimum Gasteiger partial charge on any atom is -0.497 e. The van der Waals surface area contributed by atoms with E-state index in [4.69, 9.17) is 37.4 Å². The van der Waals surface area contributed by atoms with Crippen molar-refractivity contribution in [3.8, 4) is 5.75 Å². The summed E-state index contributed by atoms with van der Waals surface area (Å²) in [6.45, 7) is 3.65. The minimum atomic E-state index is -0.940. The van der Waals surface area contributed by atoms with Gasteiger partial charge in [-0.05, 0) is 11.6 Å². The first-order valence-corrected chi connectivity index (χ1v) is 8.44. The number of non-ortho nitro benzene ring substituents is 1. The van der Waals surface area contributed by atoms with Gasteiger partial charge in [0, 0.05) is 30.2 Å². The second-order valence-corrected chi connectivity index (χ2v) is 6.04. The van der Waals surface area contributed by atoms with Gasteiger partial charge in [-0.25, -0.2) is 4.79 Å². The Hall–Kier alpha value is -2.77. The van der Waals surface area contributed by atoms with Gasteiger partial charge in [0.1, 0.15) is 6.61 Å². The highest BCUT2D eigenvalue weighted by atomic mass is 35.5. The third-order valence-electron chi connectivity index (χ3n) is 3.41. The average Bonchev–Trinajstić information content (AvgIpc) is 2.63. The molecule has 0 heterocycles. The van der Waals surface area contributed by atoms with Crippen LogP contribution in [-0.2, 0) is 22.5 Å². The summed E-state index contributed by atoms with van der Waals surface area (Å²) in [4.78, 5) is 21.9. The Morgan fingerprint density at radius 3 is 2.52 bits per heavy atom. The highest BCUT2D eigenvalue weighted by molar-refractivity contribution is 6.34. The summed E-state index contributed by atoms with van der Waals surface area (Å²) < 4.78 is 15.1. The Balaban J connectivity index is 1.87. The van der Waals surface area contributed by atoms with Crippen LogP contribution in [0.3, 0.4) is 0 Å². The molecule has 0 aliphatic rings.